The summed E-state index contributed by atoms with van der Waals surface area (Å²) in [6, 6.07) is 0.564. The number of likely N-dealkylation sites (N-methyl/N-ethyl adjacent to an activating group) is 1. The molecule has 1 saturated carbocycles. The fraction of sp³-hybridized carbons (Fsp3) is 1.00. The van der Waals surface area contributed by atoms with Crippen LogP contribution in [0.3, 0.4) is 0 Å². The molecule has 4 atom stereocenters. The van der Waals surface area contributed by atoms with E-state index in [1.807, 2.05) is 0 Å². The maximum Gasteiger partial charge on any atom is 0.0703 e. The zero-order valence-electron chi connectivity index (χ0n) is 11.6. The van der Waals surface area contributed by atoms with Gasteiger partial charge in [-0.2, -0.15) is 0 Å². The Bertz CT molecular complexity index is 259. The Labute approximate surface area is 106 Å². The predicted molar refractivity (Wildman–Crippen MR) is 71.0 cm³/mol. The fourth-order valence-corrected chi connectivity index (χ4v) is 3.79. The van der Waals surface area contributed by atoms with Crippen LogP contribution in [-0.2, 0) is 4.74 Å². The van der Waals surface area contributed by atoms with Gasteiger partial charge in [-0.25, -0.2) is 0 Å². The van der Waals surface area contributed by atoms with Crippen LogP contribution in [0.1, 0.15) is 46.0 Å². The summed E-state index contributed by atoms with van der Waals surface area (Å²) in [4.78, 5) is 2.56. The maximum atomic E-state index is 6.12. The molecule has 1 heterocycles. The van der Waals surface area contributed by atoms with Crippen molar-refractivity contribution in [3.63, 3.8) is 0 Å². The van der Waals surface area contributed by atoms with Gasteiger partial charge >= 0.3 is 0 Å². The van der Waals surface area contributed by atoms with Crippen molar-refractivity contribution in [1.29, 1.82) is 0 Å². The van der Waals surface area contributed by atoms with Gasteiger partial charge in [-0.05, 0) is 45.6 Å². The zero-order valence-corrected chi connectivity index (χ0v) is 11.6. The molecule has 100 valence electrons. The summed E-state index contributed by atoms with van der Waals surface area (Å²) in [5.74, 6) is 0.874. The van der Waals surface area contributed by atoms with E-state index in [2.05, 4.69) is 25.8 Å². The second-order valence-corrected chi connectivity index (χ2v) is 5.99. The van der Waals surface area contributed by atoms with Crippen LogP contribution in [0.25, 0.3) is 0 Å². The third kappa shape index (κ3) is 2.38. The van der Waals surface area contributed by atoms with Crippen LogP contribution >= 0.6 is 0 Å². The van der Waals surface area contributed by atoms with Crippen LogP contribution in [0.2, 0.25) is 0 Å². The van der Waals surface area contributed by atoms with Crippen molar-refractivity contribution < 1.29 is 4.74 Å². The smallest absolute Gasteiger partial charge is 0.0703 e. The summed E-state index contributed by atoms with van der Waals surface area (Å²) in [7, 11) is 2.26. The summed E-state index contributed by atoms with van der Waals surface area (Å²) in [6.07, 6.45) is 6.72. The van der Waals surface area contributed by atoms with Crippen molar-refractivity contribution in [1.82, 2.24) is 4.90 Å². The SMILES string of the molecule is CCC1CCC(CN)(N(C)C2CCOC2C)C1. The van der Waals surface area contributed by atoms with Crippen molar-refractivity contribution in [2.24, 2.45) is 11.7 Å². The van der Waals surface area contributed by atoms with Gasteiger partial charge in [0, 0.05) is 24.7 Å². The van der Waals surface area contributed by atoms with Gasteiger partial charge in [-0.3, -0.25) is 4.90 Å². The molecule has 17 heavy (non-hydrogen) atoms. The van der Waals surface area contributed by atoms with Crippen molar-refractivity contribution >= 4 is 0 Å². The van der Waals surface area contributed by atoms with E-state index < -0.39 is 0 Å². The first-order valence-electron chi connectivity index (χ1n) is 7.17. The maximum absolute atomic E-state index is 6.12. The van der Waals surface area contributed by atoms with E-state index in [4.69, 9.17) is 10.5 Å². The molecule has 2 rings (SSSR count). The molecule has 0 aromatic rings. The van der Waals surface area contributed by atoms with Gasteiger partial charge in [-0.1, -0.05) is 13.3 Å². The summed E-state index contributed by atoms with van der Waals surface area (Å²) in [6.45, 7) is 6.21. The average molecular weight is 240 g/mol. The van der Waals surface area contributed by atoms with Crippen LogP contribution in [0, 0.1) is 5.92 Å². The molecule has 0 radical (unpaired) electrons. The molecule has 2 aliphatic rings. The number of rotatable bonds is 4. The lowest BCUT2D eigenvalue weighted by molar-refractivity contribution is 0.0289. The Morgan fingerprint density at radius 3 is 2.65 bits per heavy atom. The normalized spacial score (nSPS) is 42.5. The molecule has 3 nitrogen and oxygen atoms in total. The minimum atomic E-state index is 0.243. The number of ether oxygens (including phenoxy) is 1. The average Bonchev–Trinajstić information content (AvgIpc) is 2.95. The highest BCUT2D eigenvalue weighted by Gasteiger charge is 2.45. The lowest BCUT2D eigenvalue weighted by Crippen LogP contribution is -2.56. The number of nitrogens with zero attached hydrogens (tertiary/aromatic N) is 1. The Kier molecular flexibility index (Phi) is 4.11. The largest absolute Gasteiger partial charge is 0.377 e. The van der Waals surface area contributed by atoms with Gasteiger partial charge in [-0.15, -0.1) is 0 Å². The lowest BCUT2D eigenvalue weighted by Gasteiger charge is -2.43. The summed E-state index contributed by atoms with van der Waals surface area (Å²) in [5, 5.41) is 0. The molecule has 0 aromatic heterocycles. The van der Waals surface area contributed by atoms with Crippen LogP contribution < -0.4 is 5.73 Å². The van der Waals surface area contributed by atoms with Gasteiger partial charge < -0.3 is 10.5 Å². The second-order valence-electron chi connectivity index (χ2n) is 5.99. The van der Waals surface area contributed by atoms with E-state index in [9.17, 15) is 0 Å². The molecule has 0 bridgehead atoms. The molecule has 0 aromatic carbocycles. The van der Waals surface area contributed by atoms with E-state index in [0.29, 0.717) is 12.1 Å². The highest BCUT2D eigenvalue weighted by molar-refractivity contribution is 5.01. The Morgan fingerprint density at radius 2 is 2.18 bits per heavy atom. The van der Waals surface area contributed by atoms with Crippen LogP contribution in [0.4, 0.5) is 0 Å². The minimum absolute atomic E-state index is 0.243. The molecular formula is C14H28N2O. The van der Waals surface area contributed by atoms with E-state index >= 15 is 0 Å². The molecule has 0 amide bonds. The molecule has 2 fully saturated rings. The monoisotopic (exact) mass is 240 g/mol. The molecular weight excluding hydrogens is 212 g/mol. The molecule has 1 saturated heterocycles. The quantitative estimate of drug-likeness (QED) is 0.817. The Balaban J connectivity index is 2.07. The van der Waals surface area contributed by atoms with E-state index in [1.165, 1.54) is 25.7 Å². The minimum Gasteiger partial charge on any atom is -0.377 e. The number of hydrogen-bond donors (Lipinski definition) is 1. The Morgan fingerprint density at radius 1 is 1.41 bits per heavy atom. The third-order valence-corrected chi connectivity index (χ3v) is 5.23. The summed E-state index contributed by atoms with van der Waals surface area (Å²) in [5.41, 5.74) is 6.36. The molecule has 3 heteroatoms. The highest BCUT2D eigenvalue weighted by atomic mass is 16.5. The number of hydrogen-bond acceptors (Lipinski definition) is 3. The first kappa shape index (κ1) is 13.3. The van der Waals surface area contributed by atoms with Gasteiger partial charge in [0.05, 0.1) is 6.10 Å². The number of nitrogens with two attached hydrogens (primary N) is 1. The van der Waals surface area contributed by atoms with Gasteiger partial charge in [0.25, 0.3) is 0 Å². The van der Waals surface area contributed by atoms with Gasteiger partial charge in [0.2, 0.25) is 0 Å². The van der Waals surface area contributed by atoms with Crippen LogP contribution in [0.5, 0.6) is 0 Å². The van der Waals surface area contributed by atoms with Gasteiger partial charge in [0.15, 0.2) is 0 Å². The van der Waals surface area contributed by atoms with E-state index in [-0.39, 0.29) is 5.54 Å². The topological polar surface area (TPSA) is 38.5 Å². The third-order valence-electron chi connectivity index (χ3n) is 5.23. The summed E-state index contributed by atoms with van der Waals surface area (Å²) >= 11 is 0. The standard InChI is InChI=1S/C14H28N2O/c1-4-12-5-7-14(9-12,10-15)16(3)13-6-8-17-11(13)2/h11-13H,4-10,15H2,1-3H3. The molecule has 2 N–H and O–H groups in total. The van der Waals surface area contributed by atoms with E-state index in [0.717, 1.165) is 25.5 Å². The van der Waals surface area contributed by atoms with Gasteiger partial charge in [0.1, 0.15) is 0 Å². The van der Waals surface area contributed by atoms with Crippen molar-refractivity contribution in [3.05, 3.63) is 0 Å². The van der Waals surface area contributed by atoms with Crippen molar-refractivity contribution in [2.75, 3.05) is 20.2 Å². The molecule has 1 aliphatic heterocycles. The van der Waals surface area contributed by atoms with E-state index in [1.54, 1.807) is 0 Å². The van der Waals surface area contributed by atoms with Crippen LogP contribution in [-0.4, -0.2) is 42.8 Å². The molecule has 0 spiro atoms. The first-order chi connectivity index (χ1) is 8.13. The fourth-order valence-electron chi connectivity index (χ4n) is 3.79. The molecule has 4 unspecified atom stereocenters. The highest BCUT2D eigenvalue weighted by Crippen LogP contribution is 2.41. The molecule has 1 aliphatic carbocycles. The van der Waals surface area contributed by atoms with Crippen molar-refractivity contribution in [3.8, 4) is 0 Å². The Hall–Kier alpha value is -0.120. The first-order valence-corrected chi connectivity index (χ1v) is 7.17. The predicted octanol–water partition coefficient (Wildman–Crippen LogP) is 2.00. The zero-order chi connectivity index (χ0) is 12.5. The summed E-state index contributed by atoms with van der Waals surface area (Å²) < 4.78 is 5.71. The van der Waals surface area contributed by atoms with Crippen LogP contribution in [0.15, 0.2) is 0 Å². The van der Waals surface area contributed by atoms with Crippen molar-refractivity contribution in [2.45, 2.75) is 63.6 Å². The second kappa shape index (κ2) is 5.25. The lowest BCUT2D eigenvalue weighted by atomic mass is 9.90.